The van der Waals surface area contributed by atoms with E-state index in [1.54, 1.807) is 6.20 Å². The fourth-order valence-electron chi connectivity index (χ4n) is 0.934. The predicted molar refractivity (Wildman–Crippen MR) is 54.8 cm³/mol. The Bertz CT molecular complexity index is 330. The van der Waals surface area contributed by atoms with Crippen LogP contribution in [-0.4, -0.2) is 15.7 Å². The number of nitrogens with zero attached hydrogens (tertiary/aromatic N) is 2. The number of aromatic nitrogens is 2. The molecule has 0 unspecified atom stereocenters. The Morgan fingerprint density at radius 2 is 2.38 bits per heavy atom. The van der Waals surface area contributed by atoms with Gasteiger partial charge in [0.1, 0.15) is 0 Å². The predicted octanol–water partition coefficient (Wildman–Crippen LogP) is 2.10. The summed E-state index contributed by atoms with van der Waals surface area (Å²) in [6.07, 6.45) is 3.61. The molecule has 0 saturated heterocycles. The highest BCUT2D eigenvalue weighted by molar-refractivity contribution is 6.17. The van der Waals surface area contributed by atoms with Gasteiger partial charge < -0.3 is 0 Å². The first-order chi connectivity index (χ1) is 6.25. The van der Waals surface area contributed by atoms with Gasteiger partial charge >= 0.3 is 0 Å². The second kappa shape index (κ2) is 4.94. The van der Waals surface area contributed by atoms with E-state index in [1.807, 2.05) is 18.7 Å². The molecular formula is C10H13ClN2. The summed E-state index contributed by atoms with van der Waals surface area (Å²) in [4.78, 5) is 0. The van der Waals surface area contributed by atoms with E-state index in [1.165, 1.54) is 0 Å². The molecule has 1 aromatic rings. The average Bonchev–Trinajstić information content (AvgIpc) is 2.43. The molecule has 0 bridgehead atoms. The maximum atomic E-state index is 5.53. The largest absolute Gasteiger partial charge is 0.272 e. The molecule has 0 aliphatic heterocycles. The summed E-state index contributed by atoms with van der Waals surface area (Å²) in [6, 6.07) is 0. The van der Waals surface area contributed by atoms with Gasteiger partial charge in [0.25, 0.3) is 0 Å². The molecule has 0 atom stereocenters. The Hall–Kier alpha value is -0.940. The van der Waals surface area contributed by atoms with Crippen molar-refractivity contribution >= 4 is 11.6 Å². The molecule has 0 spiro atoms. The van der Waals surface area contributed by atoms with Crippen molar-refractivity contribution in [1.82, 2.24) is 9.78 Å². The number of hydrogen-bond donors (Lipinski definition) is 0. The van der Waals surface area contributed by atoms with Crippen LogP contribution in [0.25, 0.3) is 0 Å². The number of unbranched alkanes of at least 4 members (excludes halogenated alkanes) is 1. The van der Waals surface area contributed by atoms with Gasteiger partial charge in [0.15, 0.2) is 0 Å². The van der Waals surface area contributed by atoms with E-state index in [0.717, 1.165) is 24.1 Å². The van der Waals surface area contributed by atoms with E-state index < -0.39 is 0 Å². The van der Waals surface area contributed by atoms with Crippen LogP contribution >= 0.6 is 11.6 Å². The minimum atomic E-state index is 0.681. The van der Waals surface area contributed by atoms with Gasteiger partial charge in [-0.25, -0.2) is 0 Å². The van der Waals surface area contributed by atoms with Crippen molar-refractivity contribution < 1.29 is 0 Å². The minimum absolute atomic E-state index is 0.681. The van der Waals surface area contributed by atoms with Crippen molar-refractivity contribution in [2.45, 2.75) is 19.8 Å². The Labute approximate surface area is 83.9 Å². The standard InChI is InChI=1S/C10H13ClN2/c1-9-10(8-12-13(9)2)6-4-3-5-7-11/h8H,3,5,7H2,1-2H3. The first kappa shape index (κ1) is 10.1. The number of rotatable bonds is 2. The SMILES string of the molecule is Cc1c(C#CCCCCl)cnn1C. The maximum absolute atomic E-state index is 5.53. The minimum Gasteiger partial charge on any atom is -0.272 e. The van der Waals surface area contributed by atoms with Crippen LogP contribution in [-0.2, 0) is 7.05 Å². The lowest BCUT2D eigenvalue weighted by Crippen LogP contribution is -1.92. The summed E-state index contributed by atoms with van der Waals surface area (Å²) in [5.41, 5.74) is 2.12. The second-order valence-electron chi connectivity index (χ2n) is 2.86. The zero-order valence-electron chi connectivity index (χ0n) is 7.97. The smallest absolute Gasteiger partial charge is 0.0654 e. The molecule has 1 aromatic heterocycles. The van der Waals surface area contributed by atoms with Gasteiger partial charge in [-0.3, -0.25) is 4.68 Å². The molecule has 0 radical (unpaired) electrons. The molecule has 1 heterocycles. The van der Waals surface area contributed by atoms with Crippen molar-refractivity contribution in [1.29, 1.82) is 0 Å². The summed E-state index contributed by atoms with van der Waals surface area (Å²) in [5.74, 6) is 6.83. The average molecular weight is 197 g/mol. The topological polar surface area (TPSA) is 17.8 Å². The van der Waals surface area contributed by atoms with Gasteiger partial charge in [0.2, 0.25) is 0 Å². The molecule has 0 N–H and O–H groups in total. The third kappa shape index (κ3) is 2.78. The quantitative estimate of drug-likeness (QED) is 0.403. The number of hydrogen-bond acceptors (Lipinski definition) is 1. The lowest BCUT2D eigenvalue weighted by atomic mass is 10.2. The van der Waals surface area contributed by atoms with E-state index in [9.17, 15) is 0 Å². The van der Waals surface area contributed by atoms with Crippen molar-refractivity contribution in [3.63, 3.8) is 0 Å². The fraction of sp³-hybridized carbons (Fsp3) is 0.500. The molecule has 1 rings (SSSR count). The maximum Gasteiger partial charge on any atom is 0.0654 e. The van der Waals surface area contributed by atoms with Crippen molar-refractivity contribution in [2.24, 2.45) is 7.05 Å². The van der Waals surface area contributed by atoms with Crippen molar-refractivity contribution in [3.8, 4) is 11.8 Å². The summed E-state index contributed by atoms with van der Waals surface area (Å²) in [7, 11) is 1.92. The monoisotopic (exact) mass is 196 g/mol. The van der Waals surface area contributed by atoms with E-state index in [-0.39, 0.29) is 0 Å². The number of halogens is 1. The van der Waals surface area contributed by atoms with E-state index in [4.69, 9.17) is 11.6 Å². The third-order valence-electron chi connectivity index (χ3n) is 1.89. The van der Waals surface area contributed by atoms with Gasteiger partial charge in [0.05, 0.1) is 17.5 Å². The Morgan fingerprint density at radius 1 is 1.62 bits per heavy atom. The molecule has 0 amide bonds. The molecule has 0 saturated carbocycles. The lowest BCUT2D eigenvalue weighted by Gasteiger charge is -1.91. The third-order valence-corrected chi connectivity index (χ3v) is 2.16. The zero-order valence-corrected chi connectivity index (χ0v) is 8.73. The Kier molecular flexibility index (Phi) is 3.85. The summed E-state index contributed by atoms with van der Waals surface area (Å²) < 4.78 is 1.82. The van der Waals surface area contributed by atoms with Crippen molar-refractivity contribution in [3.05, 3.63) is 17.5 Å². The van der Waals surface area contributed by atoms with Crippen LogP contribution in [0.15, 0.2) is 6.20 Å². The van der Waals surface area contributed by atoms with Crippen LogP contribution < -0.4 is 0 Å². The highest BCUT2D eigenvalue weighted by Crippen LogP contribution is 2.03. The first-order valence-corrected chi connectivity index (χ1v) is 4.82. The van der Waals surface area contributed by atoms with Crippen LogP contribution in [0.1, 0.15) is 24.1 Å². The van der Waals surface area contributed by atoms with Crippen LogP contribution in [0.5, 0.6) is 0 Å². The molecule has 13 heavy (non-hydrogen) atoms. The number of alkyl halides is 1. The van der Waals surface area contributed by atoms with Gasteiger partial charge in [0, 0.05) is 19.3 Å². The Morgan fingerprint density at radius 3 is 2.92 bits per heavy atom. The van der Waals surface area contributed by atoms with E-state index in [0.29, 0.717) is 5.88 Å². The van der Waals surface area contributed by atoms with Gasteiger partial charge in [-0.15, -0.1) is 11.6 Å². The summed E-state index contributed by atoms with van der Waals surface area (Å²) >= 11 is 5.53. The number of aryl methyl sites for hydroxylation is 1. The van der Waals surface area contributed by atoms with Gasteiger partial charge in [-0.1, -0.05) is 11.8 Å². The zero-order chi connectivity index (χ0) is 9.68. The Balaban J connectivity index is 2.61. The molecule has 70 valence electrons. The van der Waals surface area contributed by atoms with Crippen molar-refractivity contribution in [2.75, 3.05) is 5.88 Å². The van der Waals surface area contributed by atoms with Crippen LogP contribution in [0.2, 0.25) is 0 Å². The van der Waals surface area contributed by atoms with E-state index in [2.05, 4.69) is 16.9 Å². The molecule has 0 aliphatic carbocycles. The van der Waals surface area contributed by atoms with Gasteiger partial charge in [-0.2, -0.15) is 5.10 Å². The molecule has 2 nitrogen and oxygen atoms in total. The highest BCUT2D eigenvalue weighted by Gasteiger charge is 1.98. The van der Waals surface area contributed by atoms with Crippen LogP contribution in [0.3, 0.4) is 0 Å². The lowest BCUT2D eigenvalue weighted by molar-refractivity contribution is 0.740. The summed E-state index contributed by atoms with van der Waals surface area (Å²) in [6.45, 7) is 2.01. The molecular weight excluding hydrogens is 184 g/mol. The fourth-order valence-corrected chi connectivity index (χ4v) is 1.07. The van der Waals surface area contributed by atoms with Crippen LogP contribution in [0.4, 0.5) is 0 Å². The normalized spacial score (nSPS) is 9.46. The summed E-state index contributed by atoms with van der Waals surface area (Å²) in [5, 5.41) is 4.10. The molecule has 0 fully saturated rings. The highest BCUT2D eigenvalue weighted by atomic mass is 35.5. The molecule has 0 aromatic carbocycles. The van der Waals surface area contributed by atoms with Gasteiger partial charge in [-0.05, 0) is 13.3 Å². The second-order valence-corrected chi connectivity index (χ2v) is 3.24. The molecule has 0 aliphatic rings. The molecule has 3 heteroatoms. The first-order valence-electron chi connectivity index (χ1n) is 4.29. The van der Waals surface area contributed by atoms with E-state index >= 15 is 0 Å². The van der Waals surface area contributed by atoms with Crippen LogP contribution in [0, 0.1) is 18.8 Å².